The van der Waals surface area contributed by atoms with E-state index in [4.69, 9.17) is 5.11 Å². The van der Waals surface area contributed by atoms with Crippen LogP contribution in [0, 0.1) is 0 Å². The lowest BCUT2D eigenvalue weighted by Crippen LogP contribution is -2.09. The molecule has 0 fully saturated rings. The maximum Gasteiger partial charge on any atom is 0.313 e. The van der Waals surface area contributed by atoms with Gasteiger partial charge in [0.05, 0.1) is 5.75 Å². The van der Waals surface area contributed by atoms with Crippen LogP contribution in [0.1, 0.15) is 31.3 Å². The fourth-order valence-electron chi connectivity index (χ4n) is 1.85. The molecule has 106 valence electrons. The number of thioether (sulfide) groups is 1. The van der Waals surface area contributed by atoms with E-state index < -0.39 is 5.97 Å². The Morgan fingerprint density at radius 2 is 2.05 bits per heavy atom. The van der Waals surface area contributed by atoms with Gasteiger partial charge < -0.3 is 9.67 Å². The first-order valence-electron chi connectivity index (χ1n) is 6.25. The van der Waals surface area contributed by atoms with E-state index >= 15 is 0 Å². The molecule has 2 heterocycles. The molecule has 0 amide bonds. The van der Waals surface area contributed by atoms with Gasteiger partial charge in [-0.25, -0.2) is 0 Å². The highest BCUT2D eigenvalue weighted by molar-refractivity contribution is 7.99. The number of hydrogen-bond donors (Lipinski definition) is 1. The SMILES string of the molecule is CC(C)n1c(Cc2ccncc2)nnc1SCC(=O)O. The maximum atomic E-state index is 10.7. The van der Waals surface area contributed by atoms with Gasteiger partial charge in [0, 0.05) is 24.9 Å². The molecule has 0 aliphatic heterocycles. The highest BCUT2D eigenvalue weighted by Crippen LogP contribution is 2.22. The lowest BCUT2D eigenvalue weighted by molar-refractivity contribution is -0.133. The van der Waals surface area contributed by atoms with Gasteiger partial charge in [-0.05, 0) is 31.5 Å². The summed E-state index contributed by atoms with van der Waals surface area (Å²) < 4.78 is 1.98. The van der Waals surface area contributed by atoms with Crippen molar-refractivity contribution >= 4 is 17.7 Å². The minimum Gasteiger partial charge on any atom is -0.481 e. The van der Waals surface area contributed by atoms with E-state index in [9.17, 15) is 4.79 Å². The first-order chi connectivity index (χ1) is 9.58. The number of aliphatic carboxylic acids is 1. The molecule has 7 heteroatoms. The van der Waals surface area contributed by atoms with Crippen LogP contribution in [0.25, 0.3) is 0 Å². The van der Waals surface area contributed by atoms with E-state index in [1.165, 1.54) is 11.8 Å². The lowest BCUT2D eigenvalue weighted by Gasteiger charge is -2.13. The van der Waals surface area contributed by atoms with Crippen molar-refractivity contribution in [2.75, 3.05) is 5.75 Å². The summed E-state index contributed by atoms with van der Waals surface area (Å²) in [4.78, 5) is 14.7. The molecule has 0 atom stereocenters. The number of nitrogens with zero attached hydrogens (tertiary/aromatic N) is 4. The Balaban J connectivity index is 2.22. The number of rotatable bonds is 6. The molecule has 0 aliphatic rings. The molecule has 20 heavy (non-hydrogen) atoms. The molecule has 0 aliphatic carbocycles. The number of carboxylic acids is 1. The van der Waals surface area contributed by atoms with E-state index in [2.05, 4.69) is 15.2 Å². The van der Waals surface area contributed by atoms with Crippen molar-refractivity contribution < 1.29 is 9.90 Å². The summed E-state index contributed by atoms with van der Waals surface area (Å²) in [7, 11) is 0. The topological polar surface area (TPSA) is 80.9 Å². The fraction of sp³-hybridized carbons (Fsp3) is 0.385. The Morgan fingerprint density at radius 3 is 2.65 bits per heavy atom. The van der Waals surface area contributed by atoms with Gasteiger partial charge in [0.25, 0.3) is 0 Å². The van der Waals surface area contributed by atoms with Gasteiger partial charge in [-0.3, -0.25) is 9.78 Å². The molecule has 0 saturated heterocycles. The van der Waals surface area contributed by atoms with Gasteiger partial charge in [-0.2, -0.15) is 0 Å². The van der Waals surface area contributed by atoms with E-state index in [0.29, 0.717) is 11.6 Å². The Morgan fingerprint density at radius 1 is 1.35 bits per heavy atom. The third-order valence-corrected chi connectivity index (χ3v) is 3.62. The molecule has 2 rings (SSSR count). The smallest absolute Gasteiger partial charge is 0.313 e. The van der Waals surface area contributed by atoms with Gasteiger partial charge in [0.15, 0.2) is 5.16 Å². The third kappa shape index (κ3) is 3.57. The molecular weight excluding hydrogens is 276 g/mol. The second-order valence-electron chi connectivity index (χ2n) is 4.58. The summed E-state index contributed by atoms with van der Waals surface area (Å²) in [5.74, 6) is -0.0387. The molecule has 2 aromatic rings. The largest absolute Gasteiger partial charge is 0.481 e. The Labute approximate surface area is 121 Å². The fourth-order valence-corrected chi connectivity index (χ4v) is 2.66. The summed E-state index contributed by atoms with van der Waals surface area (Å²) in [6.45, 7) is 4.06. The predicted molar refractivity (Wildman–Crippen MR) is 75.8 cm³/mol. The third-order valence-electron chi connectivity index (χ3n) is 2.69. The molecule has 0 spiro atoms. The normalized spacial score (nSPS) is 10.9. The van der Waals surface area contributed by atoms with Crippen molar-refractivity contribution in [1.82, 2.24) is 19.7 Å². The molecule has 6 nitrogen and oxygen atoms in total. The molecule has 0 radical (unpaired) electrons. The van der Waals surface area contributed by atoms with Crippen LogP contribution in [-0.4, -0.2) is 36.6 Å². The molecule has 0 aromatic carbocycles. The van der Waals surface area contributed by atoms with Crippen LogP contribution < -0.4 is 0 Å². The van der Waals surface area contributed by atoms with Crippen LogP contribution in [-0.2, 0) is 11.2 Å². The maximum absolute atomic E-state index is 10.7. The van der Waals surface area contributed by atoms with E-state index in [1.54, 1.807) is 12.4 Å². The molecule has 0 unspecified atom stereocenters. The predicted octanol–water partition coefficient (Wildman–Crippen LogP) is 2.02. The Kier molecular flexibility index (Phi) is 4.73. The van der Waals surface area contributed by atoms with Gasteiger partial charge in [-0.15, -0.1) is 10.2 Å². The van der Waals surface area contributed by atoms with Crippen LogP contribution in [0.4, 0.5) is 0 Å². The van der Waals surface area contributed by atoms with E-state index in [0.717, 1.165) is 11.4 Å². The Bertz CT molecular complexity index is 583. The lowest BCUT2D eigenvalue weighted by atomic mass is 10.2. The summed E-state index contributed by atoms with van der Waals surface area (Å²) >= 11 is 1.19. The van der Waals surface area contributed by atoms with Crippen molar-refractivity contribution in [2.45, 2.75) is 31.5 Å². The van der Waals surface area contributed by atoms with Gasteiger partial charge >= 0.3 is 5.97 Å². The van der Waals surface area contributed by atoms with E-state index in [1.807, 2.05) is 30.5 Å². The second-order valence-corrected chi connectivity index (χ2v) is 5.52. The van der Waals surface area contributed by atoms with Gasteiger partial charge in [0.2, 0.25) is 0 Å². The number of pyridine rings is 1. The first-order valence-corrected chi connectivity index (χ1v) is 7.23. The van der Waals surface area contributed by atoms with Crippen LogP contribution in [0.15, 0.2) is 29.7 Å². The van der Waals surface area contributed by atoms with Crippen LogP contribution in [0.2, 0.25) is 0 Å². The monoisotopic (exact) mass is 292 g/mol. The molecule has 1 N–H and O–H groups in total. The zero-order valence-corrected chi connectivity index (χ0v) is 12.2. The molecular formula is C13H16N4O2S. The van der Waals surface area contributed by atoms with Crippen LogP contribution in [0.5, 0.6) is 0 Å². The molecule has 2 aromatic heterocycles. The average Bonchev–Trinajstić information content (AvgIpc) is 2.80. The number of hydrogen-bond acceptors (Lipinski definition) is 5. The second kappa shape index (κ2) is 6.51. The van der Waals surface area contributed by atoms with Crippen LogP contribution in [0.3, 0.4) is 0 Å². The van der Waals surface area contributed by atoms with Gasteiger partial charge in [-0.1, -0.05) is 11.8 Å². The van der Waals surface area contributed by atoms with Crippen molar-refractivity contribution in [1.29, 1.82) is 0 Å². The van der Waals surface area contributed by atoms with E-state index in [-0.39, 0.29) is 11.8 Å². The summed E-state index contributed by atoms with van der Waals surface area (Å²) in [5.41, 5.74) is 1.10. The molecule has 0 saturated carbocycles. The zero-order chi connectivity index (χ0) is 14.5. The average molecular weight is 292 g/mol. The van der Waals surface area contributed by atoms with Crippen molar-refractivity contribution in [2.24, 2.45) is 0 Å². The van der Waals surface area contributed by atoms with Crippen molar-refractivity contribution in [3.8, 4) is 0 Å². The summed E-state index contributed by atoms with van der Waals surface area (Å²) in [6.07, 6.45) is 4.14. The van der Waals surface area contributed by atoms with Crippen molar-refractivity contribution in [3.63, 3.8) is 0 Å². The quantitative estimate of drug-likeness (QED) is 0.820. The van der Waals surface area contributed by atoms with Crippen LogP contribution >= 0.6 is 11.8 Å². The van der Waals surface area contributed by atoms with Crippen molar-refractivity contribution in [3.05, 3.63) is 35.9 Å². The first kappa shape index (κ1) is 14.5. The minimum absolute atomic E-state index is 0.0138. The molecule has 0 bridgehead atoms. The minimum atomic E-state index is -0.857. The number of carbonyl (C=O) groups is 1. The highest BCUT2D eigenvalue weighted by atomic mass is 32.2. The number of aromatic nitrogens is 4. The number of carboxylic acid groups (broad SMARTS) is 1. The van der Waals surface area contributed by atoms with Gasteiger partial charge in [0.1, 0.15) is 5.82 Å². The summed E-state index contributed by atoms with van der Waals surface area (Å²) in [6, 6.07) is 4.05. The standard InChI is InChI=1S/C13H16N4O2S/c1-9(2)17-11(7-10-3-5-14-6-4-10)15-16-13(17)20-8-12(18)19/h3-6,9H,7-8H2,1-2H3,(H,18,19). The Hall–Kier alpha value is -1.89. The summed E-state index contributed by atoms with van der Waals surface area (Å²) in [5, 5.41) is 17.7. The zero-order valence-electron chi connectivity index (χ0n) is 11.4. The highest BCUT2D eigenvalue weighted by Gasteiger charge is 2.16.